The molecule has 1 fully saturated rings. The molecule has 0 radical (unpaired) electrons. The Labute approximate surface area is 190 Å². The molecule has 0 spiro atoms. The Balaban J connectivity index is 1.64. The van der Waals surface area contributed by atoms with Gasteiger partial charge in [-0.1, -0.05) is 42.1 Å². The number of carbonyl (C=O) groups excluding carboxylic acids is 1. The highest BCUT2D eigenvalue weighted by molar-refractivity contribution is 7.99. The van der Waals surface area contributed by atoms with E-state index in [1.165, 1.54) is 18.2 Å². The summed E-state index contributed by atoms with van der Waals surface area (Å²) >= 11 is 1.35. The van der Waals surface area contributed by atoms with Crippen LogP contribution >= 0.6 is 11.8 Å². The van der Waals surface area contributed by atoms with E-state index >= 15 is 0 Å². The molecule has 6 nitrogen and oxygen atoms in total. The molecule has 32 heavy (non-hydrogen) atoms. The predicted molar refractivity (Wildman–Crippen MR) is 130 cm³/mol. The first kappa shape index (κ1) is 20.8. The van der Waals surface area contributed by atoms with Crippen molar-refractivity contribution in [3.63, 3.8) is 0 Å². The molecule has 164 valence electrons. The zero-order valence-electron chi connectivity index (χ0n) is 18.4. The van der Waals surface area contributed by atoms with E-state index < -0.39 is 0 Å². The molecule has 0 saturated carbocycles. The van der Waals surface area contributed by atoms with E-state index in [0.717, 1.165) is 53.6 Å². The molecular weight excluding hydrogens is 420 g/mol. The van der Waals surface area contributed by atoms with Crippen LogP contribution in [0.15, 0.2) is 52.4 Å². The van der Waals surface area contributed by atoms with Gasteiger partial charge in [-0.15, -0.1) is 0 Å². The third-order valence-electron chi connectivity index (χ3n) is 6.13. The SMILES string of the molecule is Cc1ccc(C)c(-n2c(SCC(=O)N3CCCCC3)nc3c([nH]c4ccccc43)c2=O)c1. The number of hydrogen-bond donors (Lipinski definition) is 1. The van der Waals surface area contributed by atoms with Crippen molar-refractivity contribution in [2.75, 3.05) is 18.8 Å². The second-order valence-electron chi connectivity index (χ2n) is 8.45. The van der Waals surface area contributed by atoms with E-state index in [1.54, 1.807) is 4.57 Å². The van der Waals surface area contributed by atoms with Gasteiger partial charge < -0.3 is 9.88 Å². The fraction of sp³-hybridized carbons (Fsp3) is 0.320. The molecule has 2 aromatic heterocycles. The average molecular weight is 447 g/mol. The summed E-state index contributed by atoms with van der Waals surface area (Å²) in [5.41, 5.74) is 4.72. The summed E-state index contributed by atoms with van der Waals surface area (Å²) in [5, 5.41) is 1.46. The van der Waals surface area contributed by atoms with Crippen molar-refractivity contribution in [3.05, 3.63) is 63.9 Å². The maximum atomic E-state index is 13.7. The standard InChI is InChI=1S/C25H26N4O2S/c1-16-10-11-17(2)20(14-16)29-24(31)23-22(18-8-4-5-9-19(18)26-23)27-25(29)32-15-21(30)28-12-6-3-7-13-28/h4-5,8-11,14,26H,3,6-7,12-13,15H2,1-2H3. The van der Waals surface area contributed by atoms with E-state index in [0.29, 0.717) is 16.2 Å². The van der Waals surface area contributed by atoms with Gasteiger partial charge >= 0.3 is 0 Å². The average Bonchev–Trinajstić information content (AvgIpc) is 3.19. The number of likely N-dealkylation sites (tertiary alicyclic amines) is 1. The maximum absolute atomic E-state index is 13.7. The number of para-hydroxylation sites is 1. The van der Waals surface area contributed by atoms with Gasteiger partial charge in [0.2, 0.25) is 5.91 Å². The largest absolute Gasteiger partial charge is 0.349 e. The number of aromatic nitrogens is 3. The Morgan fingerprint density at radius 3 is 2.69 bits per heavy atom. The Morgan fingerprint density at radius 2 is 1.88 bits per heavy atom. The van der Waals surface area contributed by atoms with Gasteiger partial charge in [-0.2, -0.15) is 0 Å². The fourth-order valence-electron chi connectivity index (χ4n) is 4.37. The molecule has 1 aliphatic heterocycles. The summed E-state index contributed by atoms with van der Waals surface area (Å²) in [6, 6.07) is 13.9. The Kier molecular flexibility index (Phi) is 5.51. The van der Waals surface area contributed by atoms with E-state index in [1.807, 2.05) is 61.2 Å². The molecule has 5 rings (SSSR count). The zero-order chi connectivity index (χ0) is 22.2. The van der Waals surface area contributed by atoms with Gasteiger partial charge in [0.15, 0.2) is 5.16 Å². The molecule has 1 N–H and O–H groups in total. The Bertz CT molecular complexity index is 1380. The summed E-state index contributed by atoms with van der Waals surface area (Å²) in [7, 11) is 0. The highest BCUT2D eigenvalue weighted by Crippen LogP contribution is 2.28. The fourth-order valence-corrected chi connectivity index (χ4v) is 5.27. The molecule has 4 aromatic rings. The van der Waals surface area contributed by atoms with Crippen LogP contribution in [0.2, 0.25) is 0 Å². The van der Waals surface area contributed by atoms with Crippen molar-refractivity contribution in [1.82, 2.24) is 19.4 Å². The van der Waals surface area contributed by atoms with E-state index in [2.05, 4.69) is 4.98 Å². The molecule has 0 bridgehead atoms. The first-order valence-corrected chi connectivity index (χ1v) is 12.0. The molecule has 2 aromatic carbocycles. The van der Waals surface area contributed by atoms with Crippen molar-refractivity contribution in [2.24, 2.45) is 0 Å². The number of rotatable bonds is 4. The number of fused-ring (bicyclic) bond motifs is 3. The molecule has 7 heteroatoms. The third-order valence-corrected chi connectivity index (χ3v) is 7.06. The quantitative estimate of drug-likeness (QED) is 0.368. The normalized spacial score (nSPS) is 14.4. The summed E-state index contributed by atoms with van der Waals surface area (Å²) in [5.74, 6) is 0.376. The van der Waals surface area contributed by atoms with Crippen LogP contribution in [0.5, 0.6) is 0 Å². The number of benzene rings is 2. The molecule has 0 aliphatic carbocycles. The van der Waals surface area contributed by atoms with E-state index in [9.17, 15) is 9.59 Å². The van der Waals surface area contributed by atoms with E-state index in [4.69, 9.17) is 4.98 Å². The van der Waals surface area contributed by atoms with Gasteiger partial charge in [-0.3, -0.25) is 14.2 Å². The number of nitrogens with one attached hydrogen (secondary N) is 1. The topological polar surface area (TPSA) is 71.0 Å². The summed E-state index contributed by atoms with van der Waals surface area (Å²) < 4.78 is 1.66. The number of amides is 1. The van der Waals surface area contributed by atoms with Crippen LogP contribution in [0.4, 0.5) is 0 Å². The number of thioether (sulfide) groups is 1. The summed E-state index contributed by atoms with van der Waals surface area (Å²) in [4.78, 5) is 36.6. The van der Waals surface area contributed by atoms with Crippen LogP contribution in [0.25, 0.3) is 27.6 Å². The van der Waals surface area contributed by atoms with Gasteiger partial charge in [0.1, 0.15) is 11.0 Å². The number of hydrogen-bond acceptors (Lipinski definition) is 4. The van der Waals surface area contributed by atoms with Crippen molar-refractivity contribution < 1.29 is 4.79 Å². The van der Waals surface area contributed by atoms with Gasteiger partial charge in [0, 0.05) is 24.0 Å². The van der Waals surface area contributed by atoms with E-state index in [-0.39, 0.29) is 17.2 Å². The minimum atomic E-state index is -0.146. The predicted octanol–water partition coefficient (Wildman–Crippen LogP) is 4.59. The first-order chi connectivity index (χ1) is 15.5. The van der Waals surface area contributed by atoms with Crippen LogP contribution in [-0.4, -0.2) is 44.2 Å². The number of piperidine rings is 1. The summed E-state index contributed by atoms with van der Waals surface area (Å²) in [6.45, 7) is 5.63. The van der Waals surface area contributed by atoms with Gasteiger partial charge in [-0.05, 0) is 56.4 Å². The van der Waals surface area contributed by atoms with Crippen molar-refractivity contribution >= 4 is 39.6 Å². The van der Waals surface area contributed by atoms with Gasteiger partial charge in [-0.25, -0.2) is 4.98 Å². The summed E-state index contributed by atoms with van der Waals surface area (Å²) in [6.07, 6.45) is 3.30. The molecule has 0 atom stereocenters. The number of aryl methyl sites for hydroxylation is 2. The van der Waals surface area contributed by atoms with Crippen LogP contribution < -0.4 is 5.56 Å². The highest BCUT2D eigenvalue weighted by Gasteiger charge is 2.21. The number of aromatic amines is 1. The number of nitrogens with zero attached hydrogens (tertiary/aromatic N) is 3. The second kappa shape index (κ2) is 8.47. The Morgan fingerprint density at radius 1 is 1.09 bits per heavy atom. The lowest BCUT2D eigenvalue weighted by molar-refractivity contribution is -0.129. The number of carbonyl (C=O) groups is 1. The molecule has 1 aliphatic rings. The lowest BCUT2D eigenvalue weighted by Crippen LogP contribution is -2.36. The lowest BCUT2D eigenvalue weighted by Gasteiger charge is -2.26. The molecule has 1 amide bonds. The second-order valence-corrected chi connectivity index (χ2v) is 9.39. The van der Waals surface area contributed by atoms with Crippen LogP contribution in [0.1, 0.15) is 30.4 Å². The van der Waals surface area contributed by atoms with Crippen molar-refractivity contribution in [3.8, 4) is 5.69 Å². The van der Waals surface area contributed by atoms with Crippen LogP contribution in [0, 0.1) is 13.8 Å². The molecule has 3 heterocycles. The maximum Gasteiger partial charge on any atom is 0.283 e. The van der Waals surface area contributed by atoms with Crippen LogP contribution in [0.3, 0.4) is 0 Å². The van der Waals surface area contributed by atoms with Gasteiger partial charge in [0.05, 0.1) is 11.4 Å². The molecule has 0 unspecified atom stereocenters. The smallest absolute Gasteiger partial charge is 0.283 e. The highest BCUT2D eigenvalue weighted by atomic mass is 32.2. The van der Waals surface area contributed by atoms with Crippen molar-refractivity contribution in [2.45, 2.75) is 38.3 Å². The minimum absolute atomic E-state index is 0.107. The van der Waals surface area contributed by atoms with Crippen LogP contribution in [-0.2, 0) is 4.79 Å². The van der Waals surface area contributed by atoms with Crippen molar-refractivity contribution in [1.29, 1.82) is 0 Å². The van der Waals surface area contributed by atoms with Gasteiger partial charge in [0.25, 0.3) is 5.56 Å². The third kappa shape index (κ3) is 3.71. The molecular formula is C25H26N4O2S. The number of H-pyrrole nitrogens is 1. The monoisotopic (exact) mass is 446 g/mol. The zero-order valence-corrected chi connectivity index (χ0v) is 19.2. The first-order valence-electron chi connectivity index (χ1n) is 11.0. The molecule has 1 saturated heterocycles. The lowest BCUT2D eigenvalue weighted by atomic mass is 10.1. The minimum Gasteiger partial charge on any atom is -0.349 e. The Hall–Kier alpha value is -3.06.